The third-order valence-electron chi connectivity index (χ3n) is 3.46. The van der Waals surface area contributed by atoms with Gasteiger partial charge in [0.1, 0.15) is 17.3 Å². The molecule has 3 rings (SSSR count). The van der Waals surface area contributed by atoms with E-state index < -0.39 is 0 Å². The summed E-state index contributed by atoms with van der Waals surface area (Å²) in [6.45, 7) is 4.94. The number of aryl methyl sites for hydroxylation is 1. The molecule has 6 nitrogen and oxygen atoms in total. The average molecular weight is 337 g/mol. The summed E-state index contributed by atoms with van der Waals surface area (Å²) in [6, 6.07) is 0. The quantitative estimate of drug-likeness (QED) is 0.929. The summed E-state index contributed by atoms with van der Waals surface area (Å²) in [5, 5.41) is 11.4. The lowest BCUT2D eigenvalue weighted by molar-refractivity contribution is 0.717. The zero-order valence-electron chi connectivity index (χ0n) is 11.8. The number of aromatic nitrogens is 5. The Labute approximate surface area is 126 Å². The van der Waals surface area contributed by atoms with Crippen molar-refractivity contribution in [2.45, 2.75) is 32.6 Å². The highest BCUT2D eigenvalue weighted by Gasteiger charge is 2.29. The second-order valence-electron chi connectivity index (χ2n) is 5.06. The van der Waals surface area contributed by atoms with Gasteiger partial charge in [-0.25, -0.2) is 14.6 Å². The van der Waals surface area contributed by atoms with Gasteiger partial charge in [-0.2, -0.15) is 0 Å². The van der Waals surface area contributed by atoms with Crippen LogP contribution in [0.4, 0.5) is 5.82 Å². The molecule has 0 atom stereocenters. The van der Waals surface area contributed by atoms with Crippen molar-refractivity contribution in [2.24, 2.45) is 7.05 Å². The van der Waals surface area contributed by atoms with Crippen molar-refractivity contribution in [3.63, 3.8) is 0 Å². The molecule has 0 bridgehead atoms. The first-order valence-corrected chi connectivity index (χ1v) is 7.59. The summed E-state index contributed by atoms with van der Waals surface area (Å²) >= 11 is 3.45. The van der Waals surface area contributed by atoms with Crippen LogP contribution in [0.1, 0.15) is 37.1 Å². The van der Waals surface area contributed by atoms with Crippen LogP contribution in [0.5, 0.6) is 0 Å². The molecule has 0 amide bonds. The smallest absolute Gasteiger partial charge is 0.157 e. The molecule has 0 spiro atoms. The van der Waals surface area contributed by atoms with Gasteiger partial charge in [0.05, 0.1) is 5.69 Å². The molecule has 1 saturated carbocycles. The molecule has 2 heterocycles. The third kappa shape index (κ3) is 2.30. The predicted molar refractivity (Wildman–Crippen MR) is 80.6 cm³/mol. The molecule has 1 aliphatic rings. The molecule has 2 aromatic rings. The van der Waals surface area contributed by atoms with Crippen molar-refractivity contribution in [2.75, 3.05) is 11.9 Å². The predicted octanol–water partition coefficient (Wildman–Crippen LogP) is 2.65. The lowest BCUT2D eigenvalue weighted by Crippen LogP contribution is -2.09. The van der Waals surface area contributed by atoms with Gasteiger partial charge >= 0.3 is 0 Å². The fraction of sp³-hybridized carbons (Fsp3) is 0.538. The number of hydrogen-bond donors (Lipinski definition) is 1. The second kappa shape index (κ2) is 5.12. The van der Waals surface area contributed by atoms with Crippen molar-refractivity contribution in [3.8, 4) is 11.4 Å². The van der Waals surface area contributed by atoms with Gasteiger partial charge in [-0.3, -0.25) is 0 Å². The van der Waals surface area contributed by atoms with Crippen LogP contribution >= 0.6 is 15.9 Å². The van der Waals surface area contributed by atoms with Crippen molar-refractivity contribution < 1.29 is 0 Å². The zero-order chi connectivity index (χ0) is 14.3. The van der Waals surface area contributed by atoms with Gasteiger partial charge in [-0.05, 0) is 42.6 Å². The van der Waals surface area contributed by atoms with Gasteiger partial charge in [0.15, 0.2) is 4.60 Å². The highest BCUT2D eigenvalue weighted by molar-refractivity contribution is 9.10. The molecule has 1 N–H and O–H groups in total. The molecule has 0 radical (unpaired) electrons. The molecule has 1 aliphatic carbocycles. The van der Waals surface area contributed by atoms with Crippen LogP contribution in [-0.2, 0) is 7.05 Å². The van der Waals surface area contributed by atoms with Crippen molar-refractivity contribution >= 4 is 21.7 Å². The van der Waals surface area contributed by atoms with E-state index in [4.69, 9.17) is 4.98 Å². The van der Waals surface area contributed by atoms with Crippen molar-refractivity contribution in [3.05, 3.63) is 16.0 Å². The van der Waals surface area contributed by atoms with Crippen molar-refractivity contribution in [1.29, 1.82) is 0 Å². The number of nitrogens with zero attached hydrogens (tertiary/aromatic N) is 5. The molecule has 0 saturated heterocycles. The molecule has 2 aromatic heterocycles. The Hall–Kier alpha value is -1.50. The lowest BCUT2D eigenvalue weighted by Gasteiger charge is -2.13. The van der Waals surface area contributed by atoms with E-state index in [1.807, 2.05) is 14.0 Å². The molecule has 0 unspecified atom stereocenters. The maximum Gasteiger partial charge on any atom is 0.157 e. The van der Waals surface area contributed by atoms with Crippen LogP contribution in [-0.4, -0.2) is 31.5 Å². The Balaban J connectivity index is 2.18. The summed E-state index contributed by atoms with van der Waals surface area (Å²) in [7, 11) is 1.87. The van der Waals surface area contributed by atoms with Crippen LogP contribution in [0.2, 0.25) is 0 Å². The third-order valence-corrected chi connectivity index (χ3v) is 3.99. The molecular weight excluding hydrogens is 320 g/mol. The molecule has 106 valence electrons. The first kappa shape index (κ1) is 13.5. The van der Waals surface area contributed by atoms with Gasteiger partial charge in [0.25, 0.3) is 0 Å². The minimum atomic E-state index is 0.506. The number of halogens is 1. The monoisotopic (exact) mass is 336 g/mol. The van der Waals surface area contributed by atoms with Gasteiger partial charge in [-0.15, -0.1) is 5.10 Å². The van der Waals surface area contributed by atoms with Crippen molar-refractivity contribution in [1.82, 2.24) is 25.0 Å². The van der Waals surface area contributed by atoms with E-state index in [0.29, 0.717) is 10.5 Å². The Morgan fingerprint density at radius 3 is 2.65 bits per heavy atom. The second-order valence-corrected chi connectivity index (χ2v) is 5.81. The summed E-state index contributed by atoms with van der Waals surface area (Å²) in [5.41, 5.74) is 2.82. The minimum absolute atomic E-state index is 0.506. The highest BCUT2D eigenvalue weighted by Crippen LogP contribution is 2.40. The SMILES string of the molecule is CCNc1nc(C2CC2)nc(-c2c(Br)nnn2C)c1C. The topological polar surface area (TPSA) is 68.5 Å². The Morgan fingerprint density at radius 1 is 1.35 bits per heavy atom. The van der Waals surface area contributed by atoms with Crippen LogP contribution < -0.4 is 5.32 Å². The van der Waals surface area contributed by atoms with Gasteiger partial charge in [0.2, 0.25) is 0 Å². The first-order valence-electron chi connectivity index (χ1n) is 6.79. The fourth-order valence-corrected chi connectivity index (χ4v) is 2.73. The first-order chi connectivity index (χ1) is 9.61. The van der Waals surface area contributed by atoms with E-state index >= 15 is 0 Å². The van der Waals surface area contributed by atoms with Crippen LogP contribution in [0.25, 0.3) is 11.4 Å². The number of nitrogens with one attached hydrogen (secondary N) is 1. The number of anilines is 1. The molecule has 0 aliphatic heterocycles. The minimum Gasteiger partial charge on any atom is -0.370 e. The van der Waals surface area contributed by atoms with E-state index in [1.165, 1.54) is 12.8 Å². The maximum atomic E-state index is 4.76. The largest absolute Gasteiger partial charge is 0.370 e. The maximum absolute atomic E-state index is 4.76. The van der Waals surface area contributed by atoms with E-state index in [-0.39, 0.29) is 0 Å². The summed E-state index contributed by atoms with van der Waals surface area (Å²) < 4.78 is 2.46. The molecule has 20 heavy (non-hydrogen) atoms. The van der Waals surface area contributed by atoms with Crippen LogP contribution in [0.3, 0.4) is 0 Å². The van der Waals surface area contributed by atoms with E-state index in [2.05, 4.69) is 43.5 Å². The Kier molecular flexibility index (Phi) is 3.45. The van der Waals surface area contributed by atoms with Gasteiger partial charge in [-0.1, -0.05) is 5.21 Å². The van der Waals surface area contributed by atoms with Crippen LogP contribution in [0.15, 0.2) is 4.60 Å². The normalized spacial score (nSPS) is 14.6. The van der Waals surface area contributed by atoms with E-state index in [9.17, 15) is 0 Å². The number of hydrogen-bond acceptors (Lipinski definition) is 5. The highest BCUT2D eigenvalue weighted by atomic mass is 79.9. The molecule has 0 aromatic carbocycles. The fourth-order valence-electron chi connectivity index (χ4n) is 2.21. The van der Waals surface area contributed by atoms with E-state index in [1.54, 1.807) is 4.68 Å². The van der Waals surface area contributed by atoms with Crippen LogP contribution in [0, 0.1) is 6.92 Å². The summed E-state index contributed by atoms with van der Waals surface area (Å²) in [4.78, 5) is 9.43. The lowest BCUT2D eigenvalue weighted by atomic mass is 10.1. The Bertz CT molecular complexity index is 627. The average Bonchev–Trinajstić information content (AvgIpc) is 3.20. The van der Waals surface area contributed by atoms with E-state index in [0.717, 1.165) is 35.1 Å². The molecule has 1 fully saturated rings. The number of rotatable bonds is 4. The standard InChI is InChI=1S/C13H17BrN6/c1-4-15-12-7(2)9(10-11(14)18-19-20(10)3)16-13(17-12)8-5-6-8/h8H,4-6H2,1-3H3,(H,15,16,17). The van der Waals surface area contributed by atoms with Gasteiger partial charge < -0.3 is 5.32 Å². The zero-order valence-corrected chi connectivity index (χ0v) is 13.4. The summed E-state index contributed by atoms with van der Waals surface area (Å²) in [5.74, 6) is 2.34. The van der Waals surface area contributed by atoms with Gasteiger partial charge in [0, 0.05) is 25.1 Å². The molecular formula is C13H17BrN6. The summed E-state index contributed by atoms with van der Waals surface area (Å²) in [6.07, 6.45) is 2.36. The molecule has 7 heteroatoms. The Morgan fingerprint density at radius 2 is 2.10 bits per heavy atom.